The lowest BCUT2D eigenvalue weighted by Crippen LogP contribution is -2.21. The smallest absolute Gasteiger partial charge is 0.214 e. The van der Waals surface area contributed by atoms with Gasteiger partial charge in [-0.15, -0.1) is 0 Å². The van der Waals surface area contributed by atoms with Crippen molar-refractivity contribution in [2.75, 3.05) is 6.54 Å². The molecule has 0 radical (unpaired) electrons. The van der Waals surface area contributed by atoms with Crippen molar-refractivity contribution < 1.29 is 9.90 Å². The Hall–Kier alpha value is -1.35. The number of allylic oxidation sites excluding steroid dienone is 4. The fraction of sp³-hybridized carbons (Fsp3) is 0.667. The molecule has 3 heteroatoms. The van der Waals surface area contributed by atoms with Crippen LogP contribution in [0.1, 0.15) is 78.6 Å². The Morgan fingerprint density at radius 3 is 2.50 bits per heavy atom. The molecular weight excluding hydrogens is 298 g/mol. The predicted molar refractivity (Wildman–Crippen MR) is 102 cm³/mol. The van der Waals surface area contributed by atoms with Crippen LogP contribution in [0.5, 0.6) is 0 Å². The first kappa shape index (κ1) is 20.7. The molecule has 1 N–H and O–H groups in total. The molecule has 24 heavy (non-hydrogen) atoms. The van der Waals surface area contributed by atoms with Gasteiger partial charge in [-0.05, 0) is 43.9 Å². The van der Waals surface area contributed by atoms with Gasteiger partial charge in [-0.1, -0.05) is 64.0 Å². The van der Waals surface area contributed by atoms with Gasteiger partial charge in [-0.25, -0.2) is 0 Å². The van der Waals surface area contributed by atoms with Gasteiger partial charge < -0.3 is 10.0 Å². The van der Waals surface area contributed by atoms with Gasteiger partial charge in [0.05, 0.1) is 6.10 Å². The van der Waals surface area contributed by atoms with Crippen molar-refractivity contribution in [1.82, 2.24) is 4.90 Å². The van der Waals surface area contributed by atoms with Crippen LogP contribution in [0, 0.1) is 0 Å². The molecule has 1 aliphatic carbocycles. The summed E-state index contributed by atoms with van der Waals surface area (Å²) in [5, 5.41) is 10.5. The quantitative estimate of drug-likeness (QED) is 0.397. The molecule has 1 aliphatic rings. The molecule has 0 saturated carbocycles. The van der Waals surface area contributed by atoms with Crippen LogP contribution in [0.15, 0.2) is 35.1 Å². The van der Waals surface area contributed by atoms with Gasteiger partial charge in [-0.3, -0.25) is 4.79 Å². The minimum Gasteiger partial charge on any atom is -0.389 e. The lowest BCUT2D eigenvalue weighted by molar-refractivity contribution is -0.116. The predicted octanol–water partition coefficient (Wildman–Crippen LogP) is 5.13. The van der Waals surface area contributed by atoms with E-state index >= 15 is 0 Å². The number of aliphatic hydroxyl groups is 1. The number of nitrogens with zero attached hydrogens (tertiary/aromatic N) is 1. The maximum atomic E-state index is 11.4. The third-order valence-electron chi connectivity index (χ3n) is 4.57. The van der Waals surface area contributed by atoms with E-state index in [4.69, 9.17) is 0 Å². The Morgan fingerprint density at radius 2 is 1.83 bits per heavy atom. The summed E-state index contributed by atoms with van der Waals surface area (Å²) in [4.78, 5) is 13.1. The average Bonchev–Trinajstić information content (AvgIpc) is 2.77. The van der Waals surface area contributed by atoms with E-state index in [1.165, 1.54) is 31.3 Å². The number of unbranched alkanes of at least 4 members (excludes halogenated alkanes) is 5. The van der Waals surface area contributed by atoms with E-state index in [2.05, 4.69) is 26.8 Å². The van der Waals surface area contributed by atoms with E-state index in [1.54, 1.807) is 4.90 Å². The third kappa shape index (κ3) is 7.48. The zero-order valence-electron chi connectivity index (χ0n) is 15.8. The first-order valence-electron chi connectivity index (χ1n) is 9.60. The Kier molecular flexibility index (Phi) is 10.4. The Bertz CT molecular complexity index is 462. The van der Waals surface area contributed by atoms with E-state index in [1.807, 2.05) is 12.2 Å². The first-order valence-corrected chi connectivity index (χ1v) is 9.60. The van der Waals surface area contributed by atoms with Gasteiger partial charge in [0, 0.05) is 12.2 Å². The fourth-order valence-electron chi connectivity index (χ4n) is 3.03. The molecule has 1 amide bonds. The molecule has 0 fully saturated rings. The SMILES string of the molecule is CCCCCCC[C@H](O)C1=CC=C(N(C=O)CCCC)C=C(C)C1. The monoisotopic (exact) mass is 333 g/mol. The molecule has 136 valence electrons. The van der Waals surface area contributed by atoms with Crippen LogP contribution in [-0.2, 0) is 4.79 Å². The molecular formula is C21H35NO2. The summed E-state index contributed by atoms with van der Waals surface area (Å²) in [6, 6.07) is 0. The van der Waals surface area contributed by atoms with Gasteiger partial charge >= 0.3 is 0 Å². The molecule has 0 aliphatic heterocycles. The van der Waals surface area contributed by atoms with Gasteiger partial charge in [-0.2, -0.15) is 0 Å². The third-order valence-corrected chi connectivity index (χ3v) is 4.57. The van der Waals surface area contributed by atoms with Crippen molar-refractivity contribution in [3.8, 4) is 0 Å². The summed E-state index contributed by atoms with van der Waals surface area (Å²) in [7, 11) is 0. The number of hydrogen-bond acceptors (Lipinski definition) is 2. The summed E-state index contributed by atoms with van der Waals surface area (Å²) in [6.07, 6.45) is 16.4. The van der Waals surface area contributed by atoms with Crippen LogP contribution in [0.2, 0.25) is 0 Å². The van der Waals surface area contributed by atoms with E-state index in [0.717, 1.165) is 56.3 Å². The van der Waals surface area contributed by atoms with E-state index < -0.39 is 0 Å². The second kappa shape index (κ2) is 12.1. The molecule has 0 unspecified atom stereocenters. The molecule has 0 aromatic heterocycles. The molecule has 0 aromatic rings. The minimum absolute atomic E-state index is 0.370. The summed E-state index contributed by atoms with van der Waals surface area (Å²) < 4.78 is 0. The molecule has 1 atom stereocenters. The van der Waals surface area contributed by atoms with Gasteiger partial charge in [0.2, 0.25) is 6.41 Å². The topological polar surface area (TPSA) is 40.5 Å². The van der Waals surface area contributed by atoms with Crippen molar-refractivity contribution in [2.24, 2.45) is 0 Å². The molecule has 0 spiro atoms. The zero-order chi connectivity index (χ0) is 17.8. The van der Waals surface area contributed by atoms with Crippen molar-refractivity contribution >= 4 is 6.41 Å². The fourth-order valence-corrected chi connectivity index (χ4v) is 3.03. The standard InChI is InChI=1S/C21H35NO2/c1-4-6-8-9-10-11-21(24)19-12-13-20(16-18(3)15-19)22(17-23)14-7-5-2/h12-13,16-17,21,24H,4-11,14-15H2,1-3H3/t21-/m0/s1. The molecule has 1 rings (SSSR count). The highest BCUT2D eigenvalue weighted by atomic mass is 16.3. The van der Waals surface area contributed by atoms with Crippen LogP contribution >= 0.6 is 0 Å². The first-order chi connectivity index (χ1) is 11.6. The highest BCUT2D eigenvalue weighted by Gasteiger charge is 2.15. The summed E-state index contributed by atoms with van der Waals surface area (Å²) in [6.45, 7) is 7.16. The highest BCUT2D eigenvalue weighted by Crippen LogP contribution is 2.24. The maximum absolute atomic E-state index is 11.4. The lowest BCUT2D eigenvalue weighted by atomic mass is 9.97. The van der Waals surface area contributed by atoms with Crippen molar-refractivity contribution in [1.29, 1.82) is 0 Å². The average molecular weight is 334 g/mol. The van der Waals surface area contributed by atoms with Crippen LogP contribution in [0.25, 0.3) is 0 Å². The molecule has 0 heterocycles. The second-order valence-corrected chi connectivity index (χ2v) is 6.87. The Labute approximate surface area is 148 Å². The number of rotatable bonds is 12. The molecule has 0 saturated heterocycles. The Balaban J connectivity index is 2.66. The van der Waals surface area contributed by atoms with Gasteiger partial charge in [0.15, 0.2) is 0 Å². The lowest BCUT2D eigenvalue weighted by Gasteiger charge is -2.18. The van der Waals surface area contributed by atoms with E-state index in [9.17, 15) is 9.90 Å². The summed E-state index contributed by atoms with van der Waals surface area (Å²) >= 11 is 0. The Morgan fingerprint density at radius 1 is 1.12 bits per heavy atom. The van der Waals surface area contributed by atoms with Crippen LogP contribution < -0.4 is 0 Å². The summed E-state index contributed by atoms with van der Waals surface area (Å²) in [5.74, 6) is 0. The highest BCUT2D eigenvalue weighted by molar-refractivity contribution is 5.54. The van der Waals surface area contributed by atoms with Crippen LogP contribution in [-0.4, -0.2) is 29.1 Å². The number of carbonyl (C=O) groups excluding carboxylic acids is 1. The molecule has 3 nitrogen and oxygen atoms in total. The van der Waals surface area contributed by atoms with Gasteiger partial charge in [0.25, 0.3) is 0 Å². The van der Waals surface area contributed by atoms with E-state index in [-0.39, 0.29) is 6.10 Å². The normalized spacial score (nSPS) is 15.9. The minimum atomic E-state index is -0.370. The number of amides is 1. The van der Waals surface area contributed by atoms with Crippen LogP contribution in [0.4, 0.5) is 0 Å². The van der Waals surface area contributed by atoms with Crippen molar-refractivity contribution in [3.05, 3.63) is 35.1 Å². The maximum Gasteiger partial charge on any atom is 0.214 e. The van der Waals surface area contributed by atoms with Crippen molar-refractivity contribution in [3.63, 3.8) is 0 Å². The second-order valence-electron chi connectivity index (χ2n) is 6.87. The molecule has 0 bridgehead atoms. The zero-order valence-corrected chi connectivity index (χ0v) is 15.8. The largest absolute Gasteiger partial charge is 0.389 e. The number of hydrogen-bond donors (Lipinski definition) is 1. The van der Waals surface area contributed by atoms with E-state index in [0.29, 0.717) is 0 Å². The number of aliphatic hydroxyl groups excluding tert-OH is 1. The summed E-state index contributed by atoms with van der Waals surface area (Å²) in [5.41, 5.74) is 3.19. The van der Waals surface area contributed by atoms with Gasteiger partial charge in [0.1, 0.15) is 0 Å². The molecule has 0 aromatic carbocycles. The van der Waals surface area contributed by atoms with Crippen LogP contribution in [0.3, 0.4) is 0 Å². The van der Waals surface area contributed by atoms with Crippen molar-refractivity contribution in [2.45, 2.75) is 84.7 Å². The number of carbonyl (C=O) groups is 1.